The van der Waals surface area contributed by atoms with Gasteiger partial charge in [0.25, 0.3) is 5.91 Å². The summed E-state index contributed by atoms with van der Waals surface area (Å²) >= 11 is 0. The molecule has 1 saturated heterocycles. The molecule has 3 rings (SSSR count). The Balaban J connectivity index is 1.73. The Morgan fingerprint density at radius 3 is 2.95 bits per heavy atom. The third-order valence-corrected chi connectivity index (χ3v) is 4.41. The van der Waals surface area contributed by atoms with Crippen molar-refractivity contribution in [3.63, 3.8) is 0 Å². The Morgan fingerprint density at radius 1 is 1.38 bits per heavy atom. The lowest BCUT2D eigenvalue weighted by Crippen LogP contribution is -2.38. The number of likely N-dealkylation sites (tertiary alicyclic amines) is 1. The van der Waals surface area contributed by atoms with Crippen molar-refractivity contribution in [2.24, 2.45) is 0 Å². The maximum Gasteiger partial charge on any atom is 0.272 e. The Hall–Kier alpha value is -1.88. The zero-order chi connectivity index (χ0) is 14.8. The number of nitrogens with zero attached hydrogens (tertiary/aromatic N) is 3. The number of nitrogens with one attached hydrogen (secondary N) is 1. The molecule has 3 heterocycles. The van der Waals surface area contributed by atoms with Crippen LogP contribution in [0, 0.1) is 0 Å². The molecule has 112 valence electrons. The van der Waals surface area contributed by atoms with Crippen LogP contribution in [-0.2, 0) is 0 Å². The van der Waals surface area contributed by atoms with Gasteiger partial charge in [0.1, 0.15) is 11.3 Å². The molecule has 1 fully saturated rings. The molecule has 5 nitrogen and oxygen atoms in total. The average Bonchev–Trinajstić information content (AvgIpc) is 3.16. The summed E-state index contributed by atoms with van der Waals surface area (Å²) < 4.78 is 0. The molecule has 0 saturated carbocycles. The Kier molecular flexibility index (Phi) is 3.92. The van der Waals surface area contributed by atoms with E-state index < -0.39 is 0 Å². The molecular formula is C16H22N4O. The summed E-state index contributed by atoms with van der Waals surface area (Å²) in [5, 5.41) is 1.04. The van der Waals surface area contributed by atoms with Crippen LogP contribution in [0.4, 0.5) is 0 Å². The van der Waals surface area contributed by atoms with Gasteiger partial charge in [-0.05, 0) is 37.7 Å². The van der Waals surface area contributed by atoms with Crippen LogP contribution in [0.3, 0.4) is 0 Å². The molecule has 1 atom stereocenters. The van der Waals surface area contributed by atoms with E-state index in [0.29, 0.717) is 11.7 Å². The predicted molar refractivity (Wildman–Crippen MR) is 83.3 cm³/mol. The molecule has 1 aliphatic heterocycles. The van der Waals surface area contributed by atoms with E-state index in [2.05, 4.69) is 28.7 Å². The third-order valence-electron chi connectivity index (χ3n) is 4.41. The minimum atomic E-state index is 0.0427. The van der Waals surface area contributed by atoms with Crippen molar-refractivity contribution in [2.75, 3.05) is 26.2 Å². The van der Waals surface area contributed by atoms with Crippen LogP contribution in [0.1, 0.15) is 30.8 Å². The molecule has 2 aromatic heterocycles. The minimum absolute atomic E-state index is 0.0427. The molecule has 1 aliphatic rings. The van der Waals surface area contributed by atoms with E-state index in [0.717, 1.165) is 43.6 Å². The van der Waals surface area contributed by atoms with Gasteiger partial charge in [0.15, 0.2) is 0 Å². The lowest BCUT2D eigenvalue weighted by molar-refractivity contribution is 0.0772. The van der Waals surface area contributed by atoms with Crippen LogP contribution in [0.2, 0.25) is 0 Å². The Morgan fingerprint density at radius 2 is 2.19 bits per heavy atom. The highest BCUT2D eigenvalue weighted by molar-refractivity contribution is 5.94. The molecule has 2 aromatic rings. The molecule has 0 radical (unpaired) electrons. The number of H-pyrrole nitrogens is 1. The summed E-state index contributed by atoms with van der Waals surface area (Å²) in [5.41, 5.74) is 1.31. The van der Waals surface area contributed by atoms with Gasteiger partial charge < -0.3 is 9.88 Å². The molecule has 1 amide bonds. The molecule has 0 aromatic carbocycles. The van der Waals surface area contributed by atoms with Crippen LogP contribution >= 0.6 is 0 Å². The number of fused-ring (bicyclic) bond motifs is 1. The summed E-state index contributed by atoms with van der Waals surface area (Å²) in [6.07, 6.45) is 2.90. The second-order valence-corrected chi connectivity index (χ2v) is 5.53. The Labute approximate surface area is 125 Å². The summed E-state index contributed by atoms with van der Waals surface area (Å²) in [5.74, 6) is 0.0427. The number of hydrogen-bond donors (Lipinski definition) is 1. The van der Waals surface area contributed by atoms with Crippen molar-refractivity contribution in [1.82, 2.24) is 19.8 Å². The van der Waals surface area contributed by atoms with E-state index in [1.54, 1.807) is 0 Å². The average molecular weight is 286 g/mol. The fourth-order valence-electron chi connectivity index (χ4n) is 3.18. The quantitative estimate of drug-likeness (QED) is 0.936. The maximum absolute atomic E-state index is 12.6. The van der Waals surface area contributed by atoms with Gasteiger partial charge >= 0.3 is 0 Å². The topological polar surface area (TPSA) is 52.2 Å². The highest BCUT2D eigenvalue weighted by Crippen LogP contribution is 2.18. The number of amides is 1. The second-order valence-electron chi connectivity index (χ2n) is 5.53. The first kappa shape index (κ1) is 14.1. The monoisotopic (exact) mass is 286 g/mol. The first-order chi connectivity index (χ1) is 10.2. The van der Waals surface area contributed by atoms with Gasteiger partial charge in [-0.1, -0.05) is 13.8 Å². The van der Waals surface area contributed by atoms with Crippen molar-refractivity contribution in [1.29, 1.82) is 0 Å². The number of carbonyl (C=O) groups is 1. The predicted octanol–water partition coefficient (Wildman–Crippen LogP) is 2.12. The van der Waals surface area contributed by atoms with Gasteiger partial charge in [0.2, 0.25) is 0 Å². The zero-order valence-corrected chi connectivity index (χ0v) is 12.7. The van der Waals surface area contributed by atoms with E-state index in [9.17, 15) is 4.79 Å². The molecule has 0 spiro atoms. The lowest BCUT2D eigenvalue weighted by Gasteiger charge is -2.26. The van der Waals surface area contributed by atoms with Crippen LogP contribution in [0.25, 0.3) is 11.0 Å². The SMILES string of the molecule is CCN(CC)C1CCN(C(=O)c2ccc3cc[nH]c3n2)C1. The maximum atomic E-state index is 12.6. The Bertz CT molecular complexity index is 632. The van der Waals surface area contributed by atoms with E-state index in [4.69, 9.17) is 0 Å². The molecule has 5 heteroatoms. The van der Waals surface area contributed by atoms with Crippen molar-refractivity contribution in [3.05, 3.63) is 30.1 Å². The van der Waals surface area contributed by atoms with Crippen LogP contribution < -0.4 is 0 Å². The molecule has 0 bridgehead atoms. The number of rotatable bonds is 4. The van der Waals surface area contributed by atoms with E-state index in [1.807, 2.05) is 29.3 Å². The zero-order valence-electron chi connectivity index (χ0n) is 12.7. The number of aromatic amines is 1. The van der Waals surface area contributed by atoms with Crippen molar-refractivity contribution < 1.29 is 4.79 Å². The van der Waals surface area contributed by atoms with Gasteiger partial charge in [-0.2, -0.15) is 0 Å². The summed E-state index contributed by atoms with van der Waals surface area (Å²) in [6.45, 7) is 8.06. The number of hydrogen-bond acceptors (Lipinski definition) is 3. The van der Waals surface area contributed by atoms with Gasteiger partial charge in [-0.25, -0.2) is 4.98 Å². The van der Waals surface area contributed by atoms with Gasteiger partial charge in [-0.3, -0.25) is 9.69 Å². The van der Waals surface area contributed by atoms with Crippen LogP contribution in [0.15, 0.2) is 24.4 Å². The number of likely N-dealkylation sites (N-methyl/N-ethyl adjacent to an activating group) is 1. The first-order valence-electron chi connectivity index (χ1n) is 7.70. The van der Waals surface area contributed by atoms with Gasteiger partial charge in [0.05, 0.1) is 0 Å². The number of pyridine rings is 1. The largest absolute Gasteiger partial charge is 0.346 e. The molecule has 21 heavy (non-hydrogen) atoms. The minimum Gasteiger partial charge on any atom is -0.346 e. The van der Waals surface area contributed by atoms with E-state index in [1.165, 1.54) is 0 Å². The normalized spacial score (nSPS) is 18.8. The smallest absolute Gasteiger partial charge is 0.272 e. The van der Waals surface area contributed by atoms with Crippen molar-refractivity contribution in [2.45, 2.75) is 26.3 Å². The van der Waals surface area contributed by atoms with Gasteiger partial charge in [0, 0.05) is 30.7 Å². The standard InChI is InChI=1S/C16H22N4O/c1-3-19(4-2)13-8-10-20(11-13)16(21)14-6-5-12-7-9-17-15(12)18-14/h5-7,9,13H,3-4,8,10-11H2,1-2H3,(H,17,18). The highest BCUT2D eigenvalue weighted by atomic mass is 16.2. The summed E-state index contributed by atoms with van der Waals surface area (Å²) in [7, 11) is 0. The van der Waals surface area contributed by atoms with Gasteiger partial charge in [-0.15, -0.1) is 0 Å². The highest BCUT2D eigenvalue weighted by Gasteiger charge is 2.30. The number of carbonyl (C=O) groups excluding carboxylic acids is 1. The van der Waals surface area contributed by atoms with Crippen molar-refractivity contribution in [3.8, 4) is 0 Å². The number of aromatic nitrogens is 2. The third kappa shape index (κ3) is 2.65. The molecule has 1 N–H and O–H groups in total. The fourth-order valence-corrected chi connectivity index (χ4v) is 3.18. The molecule has 0 aliphatic carbocycles. The molecule has 1 unspecified atom stereocenters. The van der Waals surface area contributed by atoms with E-state index in [-0.39, 0.29) is 5.91 Å². The fraction of sp³-hybridized carbons (Fsp3) is 0.500. The molecular weight excluding hydrogens is 264 g/mol. The summed E-state index contributed by atoms with van der Waals surface area (Å²) in [4.78, 5) is 24.4. The lowest BCUT2D eigenvalue weighted by atomic mass is 10.2. The summed E-state index contributed by atoms with van der Waals surface area (Å²) in [6, 6.07) is 6.22. The van der Waals surface area contributed by atoms with Crippen LogP contribution in [-0.4, -0.2) is 57.9 Å². The van der Waals surface area contributed by atoms with E-state index >= 15 is 0 Å². The van der Waals surface area contributed by atoms with Crippen LogP contribution in [0.5, 0.6) is 0 Å². The van der Waals surface area contributed by atoms with Crippen molar-refractivity contribution >= 4 is 16.9 Å². The second kappa shape index (κ2) is 5.85. The first-order valence-corrected chi connectivity index (χ1v) is 7.70.